The van der Waals surface area contributed by atoms with Crippen molar-refractivity contribution in [1.29, 1.82) is 0 Å². The van der Waals surface area contributed by atoms with Crippen LogP contribution in [-0.4, -0.2) is 41.6 Å². The maximum atomic E-state index is 12.1. The first kappa shape index (κ1) is 13.1. The molecular formula is C11H18ClN3O. The number of hydrogen-bond acceptors (Lipinski definition) is 2. The average Bonchev–Trinajstić information content (AvgIpc) is 2.53. The maximum absolute atomic E-state index is 12.1. The summed E-state index contributed by atoms with van der Waals surface area (Å²) in [5.41, 5.74) is 0.775. The standard InChI is InChI=1S/C11H17N3O.ClH/c1-13-7-2-4-10(13)11(15)14-8-3-5-12-6-9-14;/h2,4,7,12H,3,5-6,8-9H2,1H3;1H. The van der Waals surface area contributed by atoms with Gasteiger partial charge in [-0.15, -0.1) is 12.4 Å². The van der Waals surface area contributed by atoms with Gasteiger partial charge in [0.15, 0.2) is 0 Å². The fourth-order valence-electron chi connectivity index (χ4n) is 1.89. The summed E-state index contributed by atoms with van der Waals surface area (Å²) in [4.78, 5) is 14.0. The molecule has 1 fully saturated rings. The first-order chi connectivity index (χ1) is 7.29. The van der Waals surface area contributed by atoms with Crippen molar-refractivity contribution in [3.05, 3.63) is 24.0 Å². The van der Waals surface area contributed by atoms with Crippen LogP contribution in [0.25, 0.3) is 0 Å². The molecule has 1 aromatic rings. The maximum Gasteiger partial charge on any atom is 0.270 e. The molecule has 0 unspecified atom stereocenters. The number of aryl methyl sites for hydroxylation is 1. The van der Waals surface area contributed by atoms with E-state index >= 15 is 0 Å². The third kappa shape index (κ3) is 2.77. The van der Waals surface area contributed by atoms with E-state index in [0.29, 0.717) is 0 Å². The van der Waals surface area contributed by atoms with E-state index in [1.165, 1.54) is 0 Å². The molecule has 0 spiro atoms. The molecule has 0 bridgehead atoms. The highest BCUT2D eigenvalue weighted by molar-refractivity contribution is 5.92. The quantitative estimate of drug-likeness (QED) is 0.795. The summed E-state index contributed by atoms with van der Waals surface area (Å²) in [6.07, 6.45) is 2.94. The summed E-state index contributed by atoms with van der Waals surface area (Å²) in [5, 5.41) is 3.29. The van der Waals surface area contributed by atoms with E-state index in [2.05, 4.69) is 5.32 Å². The molecule has 1 aromatic heterocycles. The van der Waals surface area contributed by atoms with Crippen LogP contribution in [0, 0.1) is 0 Å². The third-order valence-corrected chi connectivity index (χ3v) is 2.79. The summed E-state index contributed by atoms with van der Waals surface area (Å²) in [6.45, 7) is 3.58. The van der Waals surface area contributed by atoms with Crippen molar-refractivity contribution in [3.8, 4) is 0 Å². The normalized spacial score (nSPS) is 16.4. The van der Waals surface area contributed by atoms with Gasteiger partial charge in [-0.2, -0.15) is 0 Å². The molecule has 90 valence electrons. The lowest BCUT2D eigenvalue weighted by atomic mass is 10.3. The molecule has 0 radical (unpaired) electrons. The van der Waals surface area contributed by atoms with Gasteiger partial charge in [-0.05, 0) is 25.1 Å². The molecule has 1 N–H and O–H groups in total. The molecule has 0 saturated carbocycles. The molecule has 16 heavy (non-hydrogen) atoms. The van der Waals surface area contributed by atoms with Gasteiger partial charge in [0.25, 0.3) is 5.91 Å². The third-order valence-electron chi connectivity index (χ3n) is 2.79. The van der Waals surface area contributed by atoms with Gasteiger partial charge in [0.1, 0.15) is 5.69 Å². The minimum absolute atomic E-state index is 0. The van der Waals surface area contributed by atoms with Crippen molar-refractivity contribution in [2.75, 3.05) is 26.2 Å². The van der Waals surface area contributed by atoms with Crippen LogP contribution in [0.15, 0.2) is 18.3 Å². The average molecular weight is 244 g/mol. The predicted molar refractivity (Wildman–Crippen MR) is 66.1 cm³/mol. The zero-order valence-electron chi connectivity index (χ0n) is 9.48. The fraction of sp³-hybridized carbons (Fsp3) is 0.545. The Bertz CT molecular complexity index is 343. The van der Waals surface area contributed by atoms with Gasteiger partial charge in [0.2, 0.25) is 0 Å². The molecular weight excluding hydrogens is 226 g/mol. The molecule has 0 aromatic carbocycles. The SMILES string of the molecule is Cl.Cn1cccc1C(=O)N1CCCNCC1. The Morgan fingerprint density at radius 1 is 1.38 bits per heavy atom. The summed E-state index contributed by atoms with van der Waals surface area (Å²) in [7, 11) is 1.91. The minimum Gasteiger partial charge on any atom is -0.347 e. The van der Waals surface area contributed by atoms with Gasteiger partial charge < -0.3 is 14.8 Å². The molecule has 1 saturated heterocycles. The second-order valence-corrected chi connectivity index (χ2v) is 3.90. The van der Waals surface area contributed by atoms with Crippen LogP contribution >= 0.6 is 12.4 Å². The Balaban J connectivity index is 0.00000128. The zero-order valence-corrected chi connectivity index (χ0v) is 10.3. The number of nitrogens with zero attached hydrogens (tertiary/aromatic N) is 2. The number of rotatable bonds is 1. The molecule has 0 aliphatic carbocycles. The Hall–Kier alpha value is -1.00. The number of carbonyl (C=O) groups excluding carboxylic acids is 1. The van der Waals surface area contributed by atoms with Crippen LogP contribution in [0.1, 0.15) is 16.9 Å². The molecule has 0 atom stereocenters. The van der Waals surface area contributed by atoms with Gasteiger partial charge in [-0.1, -0.05) is 0 Å². The molecule has 5 heteroatoms. The van der Waals surface area contributed by atoms with Gasteiger partial charge in [0, 0.05) is 32.9 Å². The van der Waals surface area contributed by atoms with E-state index in [4.69, 9.17) is 0 Å². The number of nitrogens with one attached hydrogen (secondary N) is 1. The summed E-state index contributed by atoms with van der Waals surface area (Å²) >= 11 is 0. The van der Waals surface area contributed by atoms with E-state index in [1.54, 1.807) is 0 Å². The van der Waals surface area contributed by atoms with Crippen LogP contribution < -0.4 is 5.32 Å². The van der Waals surface area contributed by atoms with E-state index in [1.807, 2.05) is 34.8 Å². The van der Waals surface area contributed by atoms with Crippen molar-refractivity contribution >= 4 is 18.3 Å². The van der Waals surface area contributed by atoms with Crippen molar-refractivity contribution in [2.45, 2.75) is 6.42 Å². The van der Waals surface area contributed by atoms with Gasteiger partial charge in [-0.25, -0.2) is 0 Å². The lowest BCUT2D eigenvalue weighted by Gasteiger charge is -2.20. The molecule has 1 aliphatic heterocycles. The second-order valence-electron chi connectivity index (χ2n) is 3.90. The summed E-state index contributed by atoms with van der Waals surface area (Å²) in [6, 6.07) is 3.78. The number of aromatic nitrogens is 1. The molecule has 1 aliphatic rings. The topological polar surface area (TPSA) is 37.3 Å². The lowest BCUT2D eigenvalue weighted by molar-refractivity contribution is 0.0757. The summed E-state index contributed by atoms with van der Waals surface area (Å²) in [5.74, 6) is 0.145. The van der Waals surface area contributed by atoms with Crippen molar-refractivity contribution in [1.82, 2.24) is 14.8 Å². The lowest BCUT2D eigenvalue weighted by Crippen LogP contribution is -2.35. The summed E-state index contributed by atoms with van der Waals surface area (Å²) < 4.78 is 1.88. The largest absolute Gasteiger partial charge is 0.347 e. The first-order valence-electron chi connectivity index (χ1n) is 5.40. The predicted octanol–water partition coefficient (Wildman–Crippen LogP) is 0.882. The van der Waals surface area contributed by atoms with E-state index < -0.39 is 0 Å². The first-order valence-corrected chi connectivity index (χ1v) is 5.40. The minimum atomic E-state index is 0. The molecule has 2 rings (SSSR count). The fourth-order valence-corrected chi connectivity index (χ4v) is 1.89. The highest BCUT2D eigenvalue weighted by atomic mass is 35.5. The van der Waals surface area contributed by atoms with Crippen LogP contribution in [0.4, 0.5) is 0 Å². The van der Waals surface area contributed by atoms with Crippen LogP contribution in [0.2, 0.25) is 0 Å². The number of hydrogen-bond donors (Lipinski definition) is 1. The highest BCUT2D eigenvalue weighted by Crippen LogP contribution is 2.06. The zero-order chi connectivity index (χ0) is 10.7. The highest BCUT2D eigenvalue weighted by Gasteiger charge is 2.18. The van der Waals surface area contributed by atoms with Crippen LogP contribution in [0.5, 0.6) is 0 Å². The van der Waals surface area contributed by atoms with E-state index in [-0.39, 0.29) is 18.3 Å². The van der Waals surface area contributed by atoms with Crippen molar-refractivity contribution in [3.63, 3.8) is 0 Å². The van der Waals surface area contributed by atoms with Crippen LogP contribution in [0.3, 0.4) is 0 Å². The number of carbonyl (C=O) groups is 1. The van der Waals surface area contributed by atoms with Crippen molar-refractivity contribution < 1.29 is 4.79 Å². The smallest absolute Gasteiger partial charge is 0.270 e. The van der Waals surface area contributed by atoms with E-state index in [9.17, 15) is 4.79 Å². The Morgan fingerprint density at radius 2 is 2.19 bits per heavy atom. The van der Waals surface area contributed by atoms with Crippen molar-refractivity contribution in [2.24, 2.45) is 7.05 Å². The molecule has 2 heterocycles. The van der Waals surface area contributed by atoms with Gasteiger partial charge >= 0.3 is 0 Å². The number of amides is 1. The second kappa shape index (κ2) is 5.92. The number of halogens is 1. The molecule has 4 nitrogen and oxygen atoms in total. The Labute approximate surface area is 102 Å². The van der Waals surface area contributed by atoms with Gasteiger partial charge in [0.05, 0.1) is 0 Å². The monoisotopic (exact) mass is 243 g/mol. The molecule has 1 amide bonds. The van der Waals surface area contributed by atoms with Crippen LogP contribution in [-0.2, 0) is 7.05 Å². The van der Waals surface area contributed by atoms with Gasteiger partial charge in [-0.3, -0.25) is 4.79 Å². The van der Waals surface area contributed by atoms with E-state index in [0.717, 1.165) is 38.3 Å². The Morgan fingerprint density at radius 3 is 2.88 bits per heavy atom. The Kier molecular flexibility index (Phi) is 4.83.